The van der Waals surface area contributed by atoms with Crippen LogP contribution in [0, 0.1) is 5.41 Å². The van der Waals surface area contributed by atoms with Crippen LogP contribution in [0.4, 0.5) is 0 Å². The van der Waals surface area contributed by atoms with Crippen LogP contribution in [-0.2, 0) is 4.89 Å². The average Bonchev–Trinajstić information content (AvgIpc) is 2.19. The van der Waals surface area contributed by atoms with Gasteiger partial charge in [-0.2, -0.15) is 0 Å². The molecular formula is C13H28O2. The summed E-state index contributed by atoms with van der Waals surface area (Å²) in [5.41, 5.74) is 0.511. The largest absolute Gasteiger partial charge is 0.252 e. The second-order valence-electron chi connectivity index (χ2n) is 4.69. The molecule has 15 heavy (non-hydrogen) atoms. The van der Waals surface area contributed by atoms with Gasteiger partial charge in [0.05, 0.1) is 6.61 Å². The van der Waals surface area contributed by atoms with Gasteiger partial charge in [-0.25, -0.2) is 4.89 Å². The van der Waals surface area contributed by atoms with E-state index >= 15 is 0 Å². The SMILES string of the molecule is CCCC(CCC)(CCC)CCCOO. The molecule has 1 N–H and O–H groups in total. The third-order valence-electron chi connectivity index (χ3n) is 3.28. The molecule has 0 spiro atoms. The van der Waals surface area contributed by atoms with E-state index in [1.54, 1.807) is 0 Å². The molecule has 0 unspecified atom stereocenters. The zero-order valence-corrected chi connectivity index (χ0v) is 10.7. The molecule has 0 radical (unpaired) electrons. The Bertz CT molecular complexity index is 117. The Morgan fingerprint density at radius 1 is 0.867 bits per heavy atom. The smallest absolute Gasteiger partial charge is 0.0820 e. The van der Waals surface area contributed by atoms with Crippen molar-refractivity contribution in [2.75, 3.05) is 6.61 Å². The molecule has 0 bridgehead atoms. The highest BCUT2D eigenvalue weighted by Crippen LogP contribution is 2.39. The van der Waals surface area contributed by atoms with Gasteiger partial charge in [0.2, 0.25) is 0 Å². The minimum absolute atomic E-state index is 0.485. The van der Waals surface area contributed by atoms with Gasteiger partial charge < -0.3 is 0 Å². The summed E-state index contributed by atoms with van der Waals surface area (Å²) in [7, 11) is 0. The van der Waals surface area contributed by atoms with Gasteiger partial charge in [-0.05, 0) is 37.5 Å². The van der Waals surface area contributed by atoms with Crippen molar-refractivity contribution in [2.45, 2.75) is 72.1 Å². The minimum atomic E-state index is 0.485. The maximum Gasteiger partial charge on any atom is 0.0820 e. The zero-order chi connectivity index (χ0) is 11.6. The number of hydrogen-bond donors (Lipinski definition) is 1. The van der Waals surface area contributed by atoms with E-state index in [0.29, 0.717) is 12.0 Å². The Hall–Kier alpha value is -0.0800. The van der Waals surface area contributed by atoms with E-state index in [-0.39, 0.29) is 0 Å². The van der Waals surface area contributed by atoms with Gasteiger partial charge >= 0.3 is 0 Å². The van der Waals surface area contributed by atoms with E-state index in [2.05, 4.69) is 25.7 Å². The van der Waals surface area contributed by atoms with Crippen molar-refractivity contribution in [3.63, 3.8) is 0 Å². The molecule has 0 atom stereocenters. The first kappa shape index (κ1) is 14.9. The fraction of sp³-hybridized carbons (Fsp3) is 1.00. The lowest BCUT2D eigenvalue weighted by molar-refractivity contribution is -0.243. The first-order valence-corrected chi connectivity index (χ1v) is 6.51. The summed E-state index contributed by atoms with van der Waals surface area (Å²) in [6.45, 7) is 7.28. The van der Waals surface area contributed by atoms with Crippen LogP contribution in [0.15, 0.2) is 0 Å². The molecule has 0 aromatic heterocycles. The van der Waals surface area contributed by atoms with E-state index in [1.165, 1.54) is 44.9 Å². The Balaban J connectivity index is 4.18. The molecule has 0 amide bonds. The molecule has 0 rings (SSSR count). The normalized spacial score (nSPS) is 12.0. The van der Waals surface area contributed by atoms with Gasteiger partial charge in [0.1, 0.15) is 0 Å². The summed E-state index contributed by atoms with van der Waals surface area (Å²) in [6, 6.07) is 0. The van der Waals surface area contributed by atoms with Gasteiger partial charge in [0.15, 0.2) is 0 Å². The van der Waals surface area contributed by atoms with Crippen LogP contribution < -0.4 is 0 Å². The molecule has 0 saturated heterocycles. The lowest BCUT2D eigenvalue weighted by Gasteiger charge is -2.33. The Morgan fingerprint density at radius 3 is 1.67 bits per heavy atom. The summed E-state index contributed by atoms with van der Waals surface area (Å²) in [5, 5.41) is 8.35. The molecule has 0 fully saturated rings. The first-order valence-electron chi connectivity index (χ1n) is 6.51. The molecule has 2 nitrogen and oxygen atoms in total. The van der Waals surface area contributed by atoms with Crippen molar-refractivity contribution < 1.29 is 10.1 Å². The van der Waals surface area contributed by atoms with Crippen molar-refractivity contribution in [1.29, 1.82) is 0 Å². The molecule has 0 saturated carbocycles. The van der Waals surface area contributed by atoms with E-state index in [9.17, 15) is 0 Å². The maximum atomic E-state index is 8.35. The fourth-order valence-corrected chi connectivity index (χ4v) is 2.85. The number of rotatable bonds is 10. The summed E-state index contributed by atoms with van der Waals surface area (Å²) in [6.07, 6.45) is 9.93. The summed E-state index contributed by atoms with van der Waals surface area (Å²) < 4.78 is 0. The van der Waals surface area contributed by atoms with Crippen LogP contribution in [0.1, 0.15) is 72.1 Å². The van der Waals surface area contributed by atoms with Crippen LogP contribution in [0.25, 0.3) is 0 Å². The predicted molar refractivity (Wildman–Crippen MR) is 65.0 cm³/mol. The second-order valence-corrected chi connectivity index (χ2v) is 4.69. The van der Waals surface area contributed by atoms with Crippen molar-refractivity contribution in [2.24, 2.45) is 5.41 Å². The standard InChI is InChI=1S/C13H28O2/c1-4-8-13(9-5-2,10-6-3)11-7-12-15-14/h14H,4-12H2,1-3H3. The van der Waals surface area contributed by atoms with Crippen molar-refractivity contribution in [3.05, 3.63) is 0 Å². The quantitative estimate of drug-likeness (QED) is 0.327. The molecule has 0 aliphatic heterocycles. The molecule has 2 heteroatoms. The van der Waals surface area contributed by atoms with E-state index in [4.69, 9.17) is 5.26 Å². The molecule has 0 aromatic rings. The zero-order valence-electron chi connectivity index (χ0n) is 10.7. The van der Waals surface area contributed by atoms with Crippen LogP contribution in [0.2, 0.25) is 0 Å². The topological polar surface area (TPSA) is 29.5 Å². The maximum absolute atomic E-state index is 8.35. The van der Waals surface area contributed by atoms with Crippen LogP contribution in [0.3, 0.4) is 0 Å². The summed E-state index contributed by atoms with van der Waals surface area (Å²) >= 11 is 0. The van der Waals surface area contributed by atoms with E-state index in [0.717, 1.165) is 6.42 Å². The second kappa shape index (κ2) is 9.17. The highest BCUT2D eigenvalue weighted by atomic mass is 17.1. The lowest BCUT2D eigenvalue weighted by Crippen LogP contribution is -2.21. The van der Waals surface area contributed by atoms with Gasteiger partial charge in [0.25, 0.3) is 0 Å². The Labute approximate surface area is 95.0 Å². The Kier molecular flexibility index (Phi) is 9.12. The minimum Gasteiger partial charge on any atom is -0.252 e. The summed E-state index contributed by atoms with van der Waals surface area (Å²) in [5.74, 6) is 0. The molecular weight excluding hydrogens is 188 g/mol. The van der Waals surface area contributed by atoms with E-state index < -0.39 is 0 Å². The predicted octanol–water partition coefficient (Wildman–Crippen LogP) is 4.64. The summed E-state index contributed by atoms with van der Waals surface area (Å²) in [4.78, 5) is 4.17. The van der Waals surface area contributed by atoms with Crippen molar-refractivity contribution in [3.8, 4) is 0 Å². The van der Waals surface area contributed by atoms with Gasteiger partial charge in [0, 0.05) is 0 Å². The number of hydrogen-bond acceptors (Lipinski definition) is 2. The first-order chi connectivity index (χ1) is 7.24. The van der Waals surface area contributed by atoms with Crippen LogP contribution >= 0.6 is 0 Å². The van der Waals surface area contributed by atoms with Crippen LogP contribution in [-0.4, -0.2) is 11.9 Å². The molecule has 0 aliphatic carbocycles. The van der Waals surface area contributed by atoms with Gasteiger partial charge in [-0.1, -0.05) is 40.0 Å². The lowest BCUT2D eigenvalue weighted by atomic mass is 9.72. The average molecular weight is 216 g/mol. The third-order valence-corrected chi connectivity index (χ3v) is 3.28. The molecule has 0 aromatic carbocycles. The highest BCUT2D eigenvalue weighted by molar-refractivity contribution is 4.78. The van der Waals surface area contributed by atoms with E-state index in [1.807, 2.05) is 0 Å². The van der Waals surface area contributed by atoms with Crippen molar-refractivity contribution >= 4 is 0 Å². The van der Waals surface area contributed by atoms with Crippen molar-refractivity contribution in [1.82, 2.24) is 0 Å². The molecule has 92 valence electrons. The van der Waals surface area contributed by atoms with Gasteiger partial charge in [-0.15, -0.1) is 0 Å². The third kappa shape index (κ3) is 6.16. The Morgan fingerprint density at radius 2 is 1.33 bits per heavy atom. The fourth-order valence-electron chi connectivity index (χ4n) is 2.85. The highest BCUT2D eigenvalue weighted by Gasteiger charge is 2.26. The van der Waals surface area contributed by atoms with Gasteiger partial charge in [-0.3, -0.25) is 5.26 Å². The van der Waals surface area contributed by atoms with Crippen LogP contribution in [0.5, 0.6) is 0 Å². The monoisotopic (exact) mass is 216 g/mol. The molecule has 0 heterocycles. The molecule has 0 aliphatic rings.